The van der Waals surface area contributed by atoms with Crippen LogP contribution in [0, 0.1) is 6.92 Å². The smallest absolute Gasteiger partial charge is 0.261 e. The molecule has 0 unspecified atom stereocenters. The molecule has 3 rings (SSSR count). The van der Waals surface area contributed by atoms with Crippen LogP contribution in [0.2, 0.25) is 0 Å². The third-order valence-electron chi connectivity index (χ3n) is 5.26. The minimum absolute atomic E-state index is 0.179. The molecule has 0 aliphatic carbocycles. The lowest BCUT2D eigenvalue weighted by Gasteiger charge is -2.26. The third-order valence-corrected chi connectivity index (χ3v) is 6.64. The Kier molecular flexibility index (Phi) is 7.28. The van der Waals surface area contributed by atoms with E-state index in [2.05, 4.69) is 14.9 Å². The molecule has 0 saturated carbocycles. The number of benzene rings is 2. The lowest BCUT2D eigenvalue weighted by molar-refractivity contribution is 0.0950. The molecule has 0 bridgehead atoms. The lowest BCUT2D eigenvalue weighted by atomic mass is 10.1. The molecule has 7 heteroatoms. The molecule has 156 valence electrons. The third kappa shape index (κ3) is 5.81. The van der Waals surface area contributed by atoms with Crippen molar-refractivity contribution in [3.05, 3.63) is 59.7 Å². The average Bonchev–Trinajstić information content (AvgIpc) is 2.74. The van der Waals surface area contributed by atoms with Gasteiger partial charge >= 0.3 is 0 Å². The Morgan fingerprint density at radius 1 is 1.00 bits per heavy atom. The maximum Gasteiger partial charge on any atom is 0.261 e. The molecule has 29 heavy (non-hydrogen) atoms. The molecule has 1 amide bonds. The fraction of sp³-hybridized carbons (Fsp3) is 0.409. The summed E-state index contributed by atoms with van der Waals surface area (Å²) in [5.41, 5.74) is 1.51. The summed E-state index contributed by atoms with van der Waals surface area (Å²) in [6.07, 6.45) is 4.75. The maximum absolute atomic E-state index is 12.6. The first-order chi connectivity index (χ1) is 14.0. The van der Waals surface area contributed by atoms with Gasteiger partial charge in [0.05, 0.1) is 10.6 Å². The number of carbonyl (C=O) groups excluding carboxylic acids is 1. The number of carbonyl (C=O) groups is 1. The number of nitrogens with zero attached hydrogens (tertiary/aromatic N) is 1. The molecule has 2 aromatic rings. The standard InChI is InChI=1S/C22H29N3O3S/c1-18-20(22(26)23-14-9-17-25-15-6-3-7-16-25)12-8-13-21(18)24-29(27,28)19-10-4-2-5-11-19/h2,4-5,8,10-13,24H,3,6-7,9,14-17H2,1H3,(H,23,26). The predicted molar refractivity (Wildman–Crippen MR) is 116 cm³/mol. The molecule has 0 spiro atoms. The van der Waals surface area contributed by atoms with Crippen LogP contribution in [-0.4, -0.2) is 45.4 Å². The van der Waals surface area contributed by atoms with E-state index < -0.39 is 10.0 Å². The highest BCUT2D eigenvalue weighted by Crippen LogP contribution is 2.22. The van der Waals surface area contributed by atoms with Gasteiger partial charge in [-0.1, -0.05) is 30.7 Å². The van der Waals surface area contributed by atoms with Gasteiger partial charge in [0.2, 0.25) is 0 Å². The van der Waals surface area contributed by atoms with Crippen LogP contribution >= 0.6 is 0 Å². The molecular formula is C22H29N3O3S. The number of amides is 1. The number of hydrogen-bond acceptors (Lipinski definition) is 4. The number of nitrogens with one attached hydrogen (secondary N) is 2. The van der Waals surface area contributed by atoms with Gasteiger partial charge in [0.25, 0.3) is 15.9 Å². The largest absolute Gasteiger partial charge is 0.352 e. The average molecular weight is 416 g/mol. The number of anilines is 1. The van der Waals surface area contributed by atoms with Crippen LogP contribution in [0.1, 0.15) is 41.6 Å². The van der Waals surface area contributed by atoms with Crippen molar-refractivity contribution in [3.63, 3.8) is 0 Å². The molecule has 1 saturated heterocycles. The lowest BCUT2D eigenvalue weighted by Crippen LogP contribution is -2.33. The first-order valence-electron chi connectivity index (χ1n) is 10.2. The zero-order valence-electron chi connectivity index (χ0n) is 16.9. The Morgan fingerprint density at radius 2 is 1.72 bits per heavy atom. The van der Waals surface area contributed by atoms with E-state index in [1.807, 2.05) is 0 Å². The Bertz CT molecular complexity index is 924. The van der Waals surface area contributed by atoms with E-state index >= 15 is 0 Å². The van der Waals surface area contributed by atoms with Crippen molar-refractivity contribution >= 4 is 21.6 Å². The van der Waals surface area contributed by atoms with Gasteiger partial charge < -0.3 is 10.2 Å². The quantitative estimate of drug-likeness (QED) is 0.648. The number of rotatable bonds is 8. The first-order valence-corrected chi connectivity index (χ1v) is 11.6. The van der Waals surface area contributed by atoms with Crippen molar-refractivity contribution in [2.24, 2.45) is 0 Å². The highest BCUT2D eigenvalue weighted by Gasteiger charge is 2.18. The Hall–Kier alpha value is -2.38. The number of likely N-dealkylation sites (tertiary alicyclic amines) is 1. The van der Waals surface area contributed by atoms with Crippen molar-refractivity contribution in [2.75, 3.05) is 30.9 Å². The highest BCUT2D eigenvalue weighted by molar-refractivity contribution is 7.92. The molecule has 1 aliphatic heterocycles. The summed E-state index contributed by atoms with van der Waals surface area (Å²) in [7, 11) is -3.70. The monoisotopic (exact) mass is 415 g/mol. The van der Waals surface area contributed by atoms with Crippen LogP contribution in [0.5, 0.6) is 0 Å². The van der Waals surface area contributed by atoms with Crippen LogP contribution in [0.25, 0.3) is 0 Å². The molecule has 1 heterocycles. The summed E-state index contributed by atoms with van der Waals surface area (Å²) >= 11 is 0. The van der Waals surface area contributed by atoms with E-state index in [0.717, 1.165) is 26.1 Å². The first kappa shape index (κ1) is 21.3. The zero-order valence-corrected chi connectivity index (χ0v) is 17.7. The number of hydrogen-bond donors (Lipinski definition) is 2. The normalized spacial score (nSPS) is 15.1. The predicted octanol–water partition coefficient (Wildman–Crippen LogP) is 3.40. The van der Waals surface area contributed by atoms with Gasteiger partial charge in [-0.05, 0) is 75.6 Å². The van der Waals surface area contributed by atoms with Crippen molar-refractivity contribution < 1.29 is 13.2 Å². The molecule has 0 atom stereocenters. The highest BCUT2D eigenvalue weighted by atomic mass is 32.2. The van der Waals surface area contributed by atoms with Gasteiger partial charge in [-0.2, -0.15) is 0 Å². The molecule has 1 fully saturated rings. The van der Waals surface area contributed by atoms with Crippen molar-refractivity contribution in [2.45, 2.75) is 37.5 Å². The van der Waals surface area contributed by atoms with E-state index in [-0.39, 0.29) is 10.8 Å². The Labute approximate surface area is 173 Å². The van der Waals surface area contributed by atoms with Gasteiger partial charge in [0, 0.05) is 12.1 Å². The molecular weight excluding hydrogens is 386 g/mol. The Morgan fingerprint density at radius 3 is 2.45 bits per heavy atom. The van der Waals surface area contributed by atoms with Crippen LogP contribution in [0.15, 0.2) is 53.4 Å². The van der Waals surface area contributed by atoms with Crippen molar-refractivity contribution in [1.29, 1.82) is 0 Å². The van der Waals surface area contributed by atoms with Crippen LogP contribution in [0.3, 0.4) is 0 Å². The summed E-state index contributed by atoms with van der Waals surface area (Å²) in [6, 6.07) is 13.3. The fourth-order valence-corrected chi connectivity index (χ4v) is 4.72. The molecule has 0 radical (unpaired) electrons. The molecule has 2 aromatic carbocycles. The number of sulfonamides is 1. The minimum Gasteiger partial charge on any atom is -0.352 e. The summed E-state index contributed by atoms with van der Waals surface area (Å²) < 4.78 is 27.8. The van der Waals surface area contributed by atoms with Gasteiger partial charge in [0.15, 0.2) is 0 Å². The second kappa shape index (κ2) is 9.89. The van der Waals surface area contributed by atoms with Crippen LogP contribution in [-0.2, 0) is 10.0 Å². The van der Waals surface area contributed by atoms with Crippen molar-refractivity contribution in [1.82, 2.24) is 10.2 Å². The van der Waals surface area contributed by atoms with Crippen molar-refractivity contribution in [3.8, 4) is 0 Å². The van der Waals surface area contributed by atoms with E-state index in [0.29, 0.717) is 23.4 Å². The van der Waals surface area contributed by atoms with Gasteiger partial charge in [-0.15, -0.1) is 0 Å². The molecule has 2 N–H and O–H groups in total. The minimum atomic E-state index is -3.70. The van der Waals surface area contributed by atoms with Crippen LogP contribution < -0.4 is 10.0 Å². The topological polar surface area (TPSA) is 78.5 Å². The van der Waals surface area contributed by atoms with E-state index in [1.165, 1.54) is 31.4 Å². The molecule has 6 nitrogen and oxygen atoms in total. The fourth-order valence-electron chi connectivity index (χ4n) is 3.58. The Balaban J connectivity index is 1.59. The second-order valence-corrected chi connectivity index (χ2v) is 9.09. The summed E-state index contributed by atoms with van der Waals surface area (Å²) in [4.78, 5) is 15.2. The van der Waals surface area contributed by atoms with E-state index in [9.17, 15) is 13.2 Å². The van der Waals surface area contributed by atoms with Crippen LogP contribution in [0.4, 0.5) is 5.69 Å². The van der Waals surface area contributed by atoms with Gasteiger partial charge in [0.1, 0.15) is 0 Å². The summed E-state index contributed by atoms with van der Waals surface area (Å²) in [5, 5.41) is 2.96. The van der Waals surface area contributed by atoms with Gasteiger partial charge in [-0.3, -0.25) is 9.52 Å². The second-order valence-electron chi connectivity index (χ2n) is 7.41. The summed E-state index contributed by atoms with van der Waals surface area (Å²) in [5.74, 6) is -0.179. The molecule has 1 aliphatic rings. The zero-order chi connectivity index (χ0) is 20.7. The maximum atomic E-state index is 12.6. The van der Waals surface area contributed by atoms with E-state index in [1.54, 1.807) is 43.3 Å². The summed E-state index contributed by atoms with van der Waals surface area (Å²) in [6.45, 7) is 5.66. The number of piperidine rings is 1. The van der Waals surface area contributed by atoms with E-state index in [4.69, 9.17) is 0 Å². The molecule has 0 aromatic heterocycles. The SMILES string of the molecule is Cc1c(NS(=O)(=O)c2ccccc2)cccc1C(=O)NCCCN1CCCCC1. The van der Waals surface area contributed by atoms with Gasteiger partial charge in [-0.25, -0.2) is 8.42 Å².